The van der Waals surface area contributed by atoms with E-state index in [4.69, 9.17) is 9.31 Å². The van der Waals surface area contributed by atoms with Crippen LogP contribution in [0.1, 0.15) is 51.3 Å². The largest absolute Gasteiger partial charge is 0.494 e. The number of benzene rings is 6. The van der Waals surface area contributed by atoms with Gasteiger partial charge in [0.15, 0.2) is 0 Å². The molecule has 1 aliphatic carbocycles. The minimum atomic E-state index is -0.463. The van der Waals surface area contributed by atoms with E-state index in [1.54, 1.807) is 0 Å². The third-order valence-corrected chi connectivity index (χ3v) is 13.5. The molecule has 2 aromatic heterocycles. The average Bonchev–Trinajstić information content (AvgIpc) is 3.78. The molecule has 0 amide bonds. The van der Waals surface area contributed by atoms with Crippen LogP contribution in [-0.2, 0) is 14.7 Å². The topological polar surface area (TPSA) is 23.4 Å². The van der Waals surface area contributed by atoms with E-state index in [1.165, 1.54) is 80.9 Å². The van der Waals surface area contributed by atoms with Crippen molar-refractivity contribution >= 4 is 65.9 Å². The van der Waals surface area contributed by atoms with Gasteiger partial charge in [0, 0.05) is 47.5 Å². The number of hydrogen-bond acceptors (Lipinski definition) is 3. The quantitative estimate of drug-likeness (QED) is 0.165. The summed E-state index contributed by atoms with van der Waals surface area (Å²) < 4.78 is 18.4. The molecule has 1 fully saturated rings. The first-order chi connectivity index (χ1) is 23.7. The lowest BCUT2D eigenvalue weighted by Crippen LogP contribution is -2.41. The molecule has 4 bridgehead atoms. The van der Waals surface area contributed by atoms with Crippen molar-refractivity contribution in [2.75, 3.05) is 0 Å². The molecule has 4 aliphatic rings. The van der Waals surface area contributed by atoms with Crippen LogP contribution in [-0.4, -0.2) is 22.9 Å². The number of rotatable bonds is 1. The van der Waals surface area contributed by atoms with E-state index in [-0.39, 0.29) is 5.41 Å². The molecule has 1 atom stereocenters. The summed E-state index contributed by atoms with van der Waals surface area (Å²) in [5, 5.41) is 5.22. The zero-order valence-electron chi connectivity index (χ0n) is 28.2. The molecule has 0 spiro atoms. The number of fused-ring (bicyclic) bond motifs is 6. The minimum Gasteiger partial charge on any atom is -0.399 e. The van der Waals surface area contributed by atoms with Crippen molar-refractivity contribution in [2.24, 2.45) is 0 Å². The molecular weight excluding hydrogens is 617 g/mol. The van der Waals surface area contributed by atoms with Gasteiger partial charge in [-0.1, -0.05) is 84.9 Å². The molecule has 0 radical (unpaired) electrons. The second kappa shape index (κ2) is 9.11. The van der Waals surface area contributed by atoms with Crippen molar-refractivity contribution in [3.8, 4) is 27.9 Å². The van der Waals surface area contributed by atoms with Crippen LogP contribution in [0, 0.1) is 0 Å². The maximum absolute atomic E-state index is 6.64. The highest BCUT2D eigenvalue weighted by atomic mass is 32.1. The van der Waals surface area contributed by atoms with Crippen LogP contribution in [0.4, 0.5) is 0 Å². The fourth-order valence-corrected chi connectivity index (χ4v) is 10.3. The van der Waals surface area contributed by atoms with Gasteiger partial charge in [-0.25, -0.2) is 0 Å². The number of aromatic nitrogens is 1. The highest BCUT2D eigenvalue weighted by Crippen LogP contribution is 2.58. The summed E-state index contributed by atoms with van der Waals surface area (Å²) in [6.45, 7) is 11.0. The maximum Gasteiger partial charge on any atom is 0.494 e. The van der Waals surface area contributed by atoms with Crippen molar-refractivity contribution < 1.29 is 9.31 Å². The van der Waals surface area contributed by atoms with Crippen LogP contribution in [0.2, 0.25) is 0 Å². The van der Waals surface area contributed by atoms with E-state index in [1.807, 2.05) is 11.3 Å². The first-order valence-corrected chi connectivity index (χ1v) is 18.1. The molecule has 12 rings (SSSR count). The SMILES string of the molecule is CC12c3ccccc3-c3cc4c5ccccc5n(c4cc31)-c1cc(B3OC(C)(C)C(C)(C)O3)ccc1-c1ccc2c2c1sc1ccccc12. The van der Waals surface area contributed by atoms with Crippen molar-refractivity contribution in [1.29, 1.82) is 0 Å². The summed E-state index contributed by atoms with van der Waals surface area (Å²) in [5.41, 5.74) is 12.6. The van der Waals surface area contributed by atoms with Crippen LogP contribution >= 0.6 is 11.3 Å². The molecular formula is C44H34BNO2S. The van der Waals surface area contributed by atoms with E-state index in [0.29, 0.717) is 0 Å². The standard InChI is InChI=1S/C44H34BNO2S/c1-42(2)43(3,4)48-45(47-42)25-18-19-28-29-20-21-34(40-30-14-8-11-17-39(30)49-41(29)40)44(5)33-15-9-6-12-26(33)31-23-32-27-13-7-10-16-36(27)46(37(28)22-25)38(32)24-35(31)44/h6-24H,1-5H3. The van der Waals surface area contributed by atoms with Crippen molar-refractivity contribution in [1.82, 2.24) is 4.57 Å². The Balaban J connectivity index is 1.35. The molecule has 5 heterocycles. The Bertz CT molecular complexity index is 2750. The average molecular weight is 652 g/mol. The second-order valence-electron chi connectivity index (χ2n) is 15.3. The van der Waals surface area contributed by atoms with Gasteiger partial charge < -0.3 is 13.9 Å². The highest BCUT2D eigenvalue weighted by molar-refractivity contribution is 7.26. The third-order valence-electron chi connectivity index (χ3n) is 12.2. The lowest BCUT2D eigenvalue weighted by atomic mass is 9.72. The number of hydrogen-bond donors (Lipinski definition) is 0. The number of para-hydroxylation sites is 1. The molecule has 3 aliphatic heterocycles. The highest BCUT2D eigenvalue weighted by Gasteiger charge is 2.52. The van der Waals surface area contributed by atoms with Gasteiger partial charge in [-0.05, 0) is 98.2 Å². The molecule has 0 N–H and O–H groups in total. The smallest absolute Gasteiger partial charge is 0.399 e. The van der Waals surface area contributed by atoms with Gasteiger partial charge >= 0.3 is 7.12 Å². The molecule has 236 valence electrons. The van der Waals surface area contributed by atoms with Gasteiger partial charge in [-0.2, -0.15) is 0 Å². The van der Waals surface area contributed by atoms with Gasteiger partial charge in [0.05, 0.1) is 27.9 Å². The van der Waals surface area contributed by atoms with E-state index in [2.05, 4.69) is 154 Å². The second-order valence-corrected chi connectivity index (χ2v) is 16.3. The lowest BCUT2D eigenvalue weighted by molar-refractivity contribution is 0.00578. The van der Waals surface area contributed by atoms with E-state index >= 15 is 0 Å². The van der Waals surface area contributed by atoms with Gasteiger partial charge in [0.2, 0.25) is 0 Å². The lowest BCUT2D eigenvalue weighted by Gasteiger charge is -2.32. The van der Waals surface area contributed by atoms with E-state index in [0.717, 1.165) is 11.2 Å². The first-order valence-electron chi connectivity index (χ1n) is 17.3. The predicted octanol–water partition coefficient (Wildman–Crippen LogP) is 10.8. The monoisotopic (exact) mass is 651 g/mol. The van der Waals surface area contributed by atoms with E-state index < -0.39 is 18.3 Å². The van der Waals surface area contributed by atoms with Gasteiger partial charge in [-0.3, -0.25) is 0 Å². The molecule has 6 aromatic carbocycles. The number of thiophene rings is 1. The molecule has 5 heteroatoms. The maximum atomic E-state index is 6.64. The van der Waals surface area contributed by atoms with Crippen LogP contribution < -0.4 is 5.46 Å². The van der Waals surface area contributed by atoms with Crippen LogP contribution in [0.5, 0.6) is 0 Å². The normalized spacial score (nSPS) is 19.7. The van der Waals surface area contributed by atoms with Gasteiger partial charge in [-0.15, -0.1) is 11.3 Å². The van der Waals surface area contributed by atoms with Crippen molar-refractivity contribution in [3.05, 3.63) is 132 Å². The Morgan fingerprint density at radius 2 is 1.27 bits per heavy atom. The van der Waals surface area contributed by atoms with Crippen molar-refractivity contribution in [2.45, 2.75) is 51.2 Å². The first kappa shape index (κ1) is 28.2. The Morgan fingerprint density at radius 3 is 2.10 bits per heavy atom. The van der Waals surface area contributed by atoms with Crippen molar-refractivity contribution in [3.63, 3.8) is 0 Å². The van der Waals surface area contributed by atoms with Gasteiger partial charge in [0.25, 0.3) is 0 Å². The Kier molecular flexibility index (Phi) is 5.24. The zero-order valence-corrected chi connectivity index (χ0v) is 29.0. The van der Waals surface area contributed by atoms with Crippen LogP contribution in [0.15, 0.2) is 115 Å². The Hall–Kier alpha value is -4.68. The summed E-state index contributed by atoms with van der Waals surface area (Å²) in [4.78, 5) is 0. The Morgan fingerprint density at radius 1 is 0.551 bits per heavy atom. The fraction of sp³-hybridized carbons (Fsp3) is 0.182. The molecule has 1 saturated heterocycles. The van der Waals surface area contributed by atoms with Gasteiger partial charge in [0.1, 0.15) is 0 Å². The summed E-state index contributed by atoms with van der Waals surface area (Å²) in [6.07, 6.45) is 0. The summed E-state index contributed by atoms with van der Waals surface area (Å²) in [5.74, 6) is 0. The van der Waals surface area contributed by atoms with Crippen LogP contribution in [0.3, 0.4) is 0 Å². The minimum absolute atomic E-state index is 0.341. The Labute approximate surface area is 289 Å². The van der Waals surface area contributed by atoms with E-state index in [9.17, 15) is 0 Å². The third kappa shape index (κ3) is 3.41. The molecule has 1 unspecified atom stereocenters. The van der Waals surface area contributed by atoms with Crippen LogP contribution in [0.25, 0.3) is 69.9 Å². The molecule has 49 heavy (non-hydrogen) atoms. The summed E-state index contributed by atoms with van der Waals surface area (Å²) in [6, 6.07) is 43.6. The number of nitrogens with zero attached hydrogens (tertiary/aromatic N) is 1. The molecule has 0 saturated carbocycles. The zero-order chi connectivity index (χ0) is 33.0. The molecule has 8 aromatic rings. The molecule has 3 nitrogen and oxygen atoms in total. The fourth-order valence-electron chi connectivity index (χ4n) is 9.04. The predicted molar refractivity (Wildman–Crippen MR) is 206 cm³/mol. The summed E-state index contributed by atoms with van der Waals surface area (Å²) in [7, 11) is -0.463. The summed E-state index contributed by atoms with van der Waals surface area (Å²) >= 11 is 1.91.